The van der Waals surface area contributed by atoms with Crippen molar-refractivity contribution in [1.29, 1.82) is 0 Å². The van der Waals surface area contributed by atoms with Gasteiger partial charge < -0.3 is 4.74 Å². The van der Waals surface area contributed by atoms with Gasteiger partial charge in [0, 0.05) is 7.05 Å². The van der Waals surface area contributed by atoms with Gasteiger partial charge in [-0.15, -0.1) is 0 Å². The van der Waals surface area contributed by atoms with Crippen molar-refractivity contribution in [1.82, 2.24) is 29.7 Å². The first kappa shape index (κ1) is 28.4. The maximum atomic E-state index is 15.0. The van der Waals surface area contributed by atoms with Crippen molar-refractivity contribution in [3.05, 3.63) is 24.7 Å². The molecule has 3 fully saturated rings. The summed E-state index contributed by atoms with van der Waals surface area (Å²) in [5.74, 6) is 1.22. The number of fused-ring (bicyclic) bond motifs is 2. The number of nitrogens with one attached hydrogen (secondary N) is 2. The number of ether oxygens (including phenoxy) is 2. The van der Waals surface area contributed by atoms with E-state index in [0.717, 1.165) is 19.5 Å². The SMILES string of the molecule is CCOc1cnc(NC(=O)N(C)[C@H]2CN(c3nccc(NC(=O)O[C@H]4C[C@H]5[I-][C@@H]4CN5CC)n3)CC[C@H]2F)cn1. The third kappa shape index (κ3) is 6.45. The van der Waals surface area contributed by atoms with E-state index in [4.69, 9.17) is 9.47 Å². The Labute approximate surface area is 242 Å². The van der Waals surface area contributed by atoms with Crippen molar-refractivity contribution < 1.29 is 44.7 Å². The summed E-state index contributed by atoms with van der Waals surface area (Å²) in [4.78, 5) is 48.1. The van der Waals surface area contributed by atoms with E-state index in [-0.39, 0.29) is 46.1 Å². The number of urea groups is 1. The molecule has 5 atom stereocenters. The Kier molecular flexibility index (Phi) is 8.97. The zero-order chi connectivity index (χ0) is 28.2. The number of carbonyl (C=O) groups is 2. The predicted octanol–water partition coefficient (Wildman–Crippen LogP) is -0.814. The summed E-state index contributed by atoms with van der Waals surface area (Å²) in [6, 6.07) is 0.323. The number of anilines is 3. The zero-order valence-corrected chi connectivity index (χ0v) is 24.8. The number of likely N-dealkylation sites (tertiary alicyclic amines) is 1. The number of carbonyl (C=O) groups excluding carboxylic acids is 2. The maximum absolute atomic E-state index is 15.0. The van der Waals surface area contributed by atoms with Crippen LogP contribution in [-0.4, -0.2) is 108 Å². The molecule has 0 spiro atoms. The van der Waals surface area contributed by atoms with Crippen molar-refractivity contribution in [2.24, 2.45) is 0 Å². The van der Waals surface area contributed by atoms with Crippen LogP contribution in [0, 0.1) is 0 Å². The summed E-state index contributed by atoms with van der Waals surface area (Å²) < 4.78 is 27.0. The molecule has 15 heteroatoms. The number of nitrogens with zero attached hydrogens (tertiary/aromatic N) is 7. The summed E-state index contributed by atoms with van der Waals surface area (Å²) >= 11 is 0.0111. The average Bonchev–Trinajstić information content (AvgIpc) is 3.54. The fourth-order valence-electron chi connectivity index (χ4n) is 5.08. The van der Waals surface area contributed by atoms with Crippen molar-refractivity contribution in [3.8, 4) is 5.88 Å². The second-order valence-electron chi connectivity index (χ2n) is 9.74. The summed E-state index contributed by atoms with van der Waals surface area (Å²) in [5.41, 5.74) is 0. The van der Waals surface area contributed by atoms with Crippen LogP contribution in [0.2, 0.25) is 0 Å². The molecule has 2 N–H and O–H groups in total. The van der Waals surface area contributed by atoms with Crippen LogP contribution in [-0.2, 0) is 4.74 Å². The van der Waals surface area contributed by atoms with Gasteiger partial charge in [-0.2, -0.15) is 0 Å². The normalized spacial score (nSPS) is 26.1. The van der Waals surface area contributed by atoms with E-state index in [9.17, 15) is 14.0 Å². The molecule has 0 radical (unpaired) electrons. The van der Waals surface area contributed by atoms with Crippen molar-refractivity contribution in [2.45, 2.75) is 53.0 Å². The van der Waals surface area contributed by atoms with E-state index in [1.165, 1.54) is 30.5 Å². The van der Waals surface area contributed by atoms with E-state index in [0.29, 0.717) is 38.8 Å². The number of aromatic nitrogens is 4. The van der Waals surface area contributed by atoms with Gasteiger partial charge in [0.15, 0.2) is 5.82 Å². The van der Waals surface area contributed by atoms with Gasteiger partial charge in [-0.1, -0.05) is 0 Å². The third-order valence-corrected chi connectivity index (χ3v) is 11.5. The molecule has 3 aliphatic heterocycles. The number of likely N-dealkylation sites (N-methyl/N-ethyl adjacent to an activating group) is 1. The molecule has 2 aromatic heterocycles. The molecule has 3 saturated heterocycles. The molecule has 3 aliphatic rings. The molecule has 0 aliphatic carbocycles. The first-order valence-electron chi connectivity index (χ1n) is 13.4. The Bertz CT molecular complexity index is 1200. The molecule has 5 heterocycles. The Morgan fingerprint density at radius 2 is 2.02 bits per heavy atom. The van der Waals surface area contributed by atoms with E-state index < -0.39 is 24.3 Å². The number of hydrogen-bond donors (Lipinski definition) is 2. The van der Waals surface area contributed by atoms with Gasteiger partial charge >= 0.3 is 169 Å². The van der Waals surface area contributed by atoms with Gasteiger partial charge in [-0.25, -0.2) is 19.2 Å². The Morgan fingerprint density at radius 3 is 2.73 bits per heavy atom. The zero-order valence-electron chi connectivity index (χ0n) is 22.7. The first-order chi connectivity index (χ1) is 19.3. The quantitative estimate of drug-likeness (QED) is 0.209. The van der Waals surface area contributed by atoms with Crippen LogP contribution in [0.5, 0.6) is 5.88 Å². The van der Waals surface area contributed by atoms with Gasteiger partial charge in [0.2, 0.25) is 5.88 Å². The fraction of sp³-hybridized carbons (Fsp3) is 0.600. The topological polar surface area (TPSA) is 138 Å². The number of rotatable bonds is 8. The smallest absolute Gasteiger partial charge is 0.245 e. The summed E-state index contributed by atoms with van der Waals surface area (Å²) in [5, 5.41) is 5.36. The van der Waals surface area contributed by atoms with E-state index >= 15 is 0 Å². The molecule has 40 heavy (non-hydrogen) atoms. The first-order valence-corrected chi connectivity index (χ1v) is 15.9. The third-order valence-electron chi connectivity index (χ3n) is 7.24. The molecular weight excluding hydrogens is 636 g/mol. The van der Waals surface area contributed by atoms with Gasteiger partial charge in [0.1, 0.15) is 0 Å². The van der Waals surface area contributed by atoms with E-state index in [2.05, 4.69) is 42.4 Å². The molecular formula is C25H34FIN9O4-. The summed E-state index contributed by atoms with van der Waals surface area (Å²) in [7, 11) is 1.53. The van der Waals surface area contributed by atoms with Crippen LogP contribution in [0.3, 0.4) is 0 Å². The van der Waals surface area contributed by atoms with Crippen molar-refractivity contribution in [2.75, 3.05) is 55.4 Å². The summed E-state index contributed by atoms with van der Waals surface area (Å²) in [6.45, 7) is 7.05. The van der Waals surface area contributed by atoms with Crippen molar-refractivity contribution in [3.63, 3.8) is 0 Å². The van der Waals surface area contributed by atoms with Crippen LogP contribution in [0.15, 0.2) is 24.7 Å². The van der Waals surface area contributed by atoms with Crippen LogP contribution in [0.25, 0.3) is 0 Å². The van der Waals surface area contributed by atoms with E-state index in [1.807, 2.05) is 6.92 Å². The average molecular weight is 671 g/mol. The summed E-state index contributed by atoms with van der Waals surface area (Å²) in [6.07, 6.45) is 3.63. The minimum atomic E-state index is -1.23. The van der Waals surface area contributed by atoms with Gasteiger partial charge in [0.25, 0.3) is 0 Å². The van der Waals surface area contributed by atoms with Crippen LogP contribution in [0.4, 0.5) is 31.6 Å². The molecule has 218 valence electrons. The number of halogens is 2. The Hall–Kier alpha value is -3.08. The monoisotopic (exact) mass is 670 g/mol. The van der Waals surface area contributed by atoms with Crippen molar-refractivity contribution >= 4 is 29.7 Å². The van der Waals surface area contributed by atoms with Gasteiger partial charge in [-0.3, -0.25) is 5.32 Å². The van der Waals surface area contributed by atoms with Crippen LogP contribution in [0.1, 0.15) is 26.7 Å². The Morgan fingerprint density at radius 1 is 1.18 bits per heavy atom. The van der Waals surface area contributed by atoms with Crippen LogP contribution < -0.4 is 41.5 Å². The number of hydrogen-bond acceptors (Lipinski definition) is 10. The molecule has 0 saturated carbocycles. The molecule has 0 aromatic carbocycles. The molecule has 13 nitrogen and oxygen atoms in total. The molecule has 3 amide bonds. The number of alkyl halides is 3. The van der Waals surface area contributed by atoms with Gasteiger partial charge in [-0.05, 0) is 6.92 Å². The Balaban J connectivity index is 1.16. The fourth-order valence-corrected chi connectivity index (χ4v) is 9.65. The second kappa shape index (κ2) is 12.6. The molecule has 2 bridgehead atoms. The van der Waals surface area contributed by atoms with E-state index in [1.54, 1.807) is 11.0 Å². The number of piperidine rings is 2. The minimum absolute atomic E-state index is 0.0111. The number of amides is 3. The molecule has 2 aromatic rings. The molecule has 5 rings (SSSR count). The van der Waals surface area contributed by atoms with Gasteiger partial charge in [0.05, 0.1) is 19.0 Å². The second-order valence-corrected chi connectivity index (χ2v) is 13.5. The standard InChI is InChI=1S/C25H34FIN9O4/c1-4-35-13-16-18(10-19(35)27-16)40-25(38)33-20-6-8-28-23(31-20)36-9-7-15(26)17(14-36)34(3)24(37)32-21-11-30-22(12-29-21)39-5-2/h6,8,11-12,15-19H,4-5,7,9-10,13-14H2,1-3H3,(H,29,32,37)(H,28,31,33,38)/q-1/t15-,16-,17+,18+,19+/m1/s1. The molecule has 0 unspecified atom stereocenters. The predicted molar refractivity (Wildman–Crippen MR) is 141 cm³/mol. The minimum Gasteiger partial charge on any atom is -0.245 e. The van der Waals surface area contributed by atoms with Crippen LogP contribution >= 0.6 is 0 Å².